The third kappa shape index (κ3) is 3.48. The normalized spacial score (nSPS) is 13.6. The number of sulfonamides is 1. The summed E-state index contributed by atoms with van der Waals surface area (Å²) in [5.41, 5.74) is 0.608. The van der Waals surface area contributed by atoms with Gasteiger partial charge in [0.1, 0.15) is 11.6 Å². The lowest BCUT2D eigenvalue weighted by Gasteiger charge is -2.12. The molecular weight excluding hydrogens is 341 g/mol. The van der Waals surface area contributed by atoms with Gasteiger partial charge >= 0.3 is 0 Å². The lowest BCUT2D eigenvalue weighted by atomic mass is 10.1. The van der Waals surface area contributed by atoms with E-state index < -0.39 is 15.8 Å². The molecule has 0 atom stereocenters. The molecule has 1 aliphatic rings. The second-order valence-corrected chi connectivity index (χ2v) is 7.80. The van der Waals surface area contributed by atoms with Crippen molar-refractivity contribution in [3.05, 3.63) is 47.8 Å². The molecule has 120 valence electrons. The quantitative estimate of drug-likeness (QED) is 0.915. The van der Waals surface area contributed by atoms with E-state index in [0.29, 0.717) is 21.1 Å². The van der Waals surface area contributed by atoms with Gasteiger partial charge in [-0.05, 0) is 18.2 Å². The molecule has 1 heterocycles. The predicted octanol–water partition coefficient (Wildman–Crippen LogP) is 2.92. The molecule has 0 saturated heterocycles. The van der Waals surface area contributed by atoms with Crippen LogP contribution in [0.2, 0.25) is 0 Å². The van der Waals surface area contributed by atoms with Gasteiger partial charge in [0, 0.05) is 15.9 Å². The van der Waals surface area contributed by atoms with Crippen LogP contribution in [0.1, 0.15) is 10.4 Å². The minimum atomic E-state index is -3.53. The Labute approximate surface area is 136 Å². The molecule has 23 heavy (non-hydrogen) atoms. The van der Waals surface area contributed by atoms with E-state index in [9.17, 15) is 17.6 Å². The highest BCUT2D eigenvalue weighted by Crippen LogP contribution is 2.40. The third-order valence-corrected chi connectivity index (χ3v) is 4.79. The molecule has 0 fully saturated rings. The summed E-state index contributed by atoms with van der Waals surface area (Å²) in [4.78, 5) is 12.5. The monoisotopic (exact) mass is 353 g/mol. The van der Waals surface area contributed by atoms with E-state index in [1.165, 1.54) is 18.2 Å². The van der Waals surface area contributed by atoms with Gasteiger partial charge in [0.2, 0.25) is 15.8 Å². The molecular formula is C15H12FNO4S2. The number of carbonyl (C=O) groups excluding carboxylic acids is 1. The zero-order valence-electron chi connectivity index (χ0n) is 12.0. The second-order valence-electron chi connectivity index (χ2n) is 4.96. The predicted molar refractivity (Wildman–Crippen MR) is 85.3 cm³/mol. The first-order valence-electron chi connectivity index (χ1n) is 6.58. The molecule has 0 bridgehead atoms. The smallest absolute Gasteiger partial charge is 0.229 e. The number of anilines is 1. The largest absolute Gasteiger partial charge is 0.485 e. The van der Waals surface area contributed by atoms with Crippen LogP contribution in [-0.2, 0) is 10.0 Å². The summed E-state index contributed by atoms with van der Waals surface area (Å²) in [5, 5.41) is 0. The van der Waals surface area contributed by atoms with Gasteiger partial charge < -0.3 is 4.74 Å². The number of carbonyl (C=O) groups is 1. The molecule has 0 aromatic heterocycles. The van der Waals surface area contributed by atoms with Crippen molar-refractivity contribution in [2.24, 2.45) is 0 Å². The van der Waals surface area contributed by atoms with E-state index in [-0.39, 0.29) is 18.1 Å². The number of nitrogens with one attached hydrogen (secondary N) is 1. The first kappa shape index (κ1) is 15.8. The summed E-state index contributed by atoms with van der Waals surface area (Å²) in [7, 11) is -3.53. The molecule has 2 aromatic carbocycles. The average Bonchev–Trinajstić information content (AvgIpc) is 2.81. The number of Topliss-reactive ketones (excluding diaryl/α,β-unsaturated/α-hetero) is 1. The fraction of sp³-hybridized carbons (Fsp3) is 0.133. The van der Waals surface area contributed by atoms with Gasteiger partial charge in [-0.1, -0.05) is 23.9 Å². The second kappa shape index (κ2) is 5.86. The summed E-state index contributed by atoms with van der Waals surface area (Å²) >= 11 is 1.04. The van der Waals surface area contributed by atoms with Gasteiger partial charge in [0.05, 0.1) is 17.5 Å². The van der Waals surface area contributed by atoms with Crippen molar-refractivity contribution < 1.29 is 22.3 Å². The van der Waals surface area contributed by atoms with E-state index in [0.717, 1.165) is 18.0 Å². The van der Waals surface area contributed by atoms with Crippen molar-refractivity contribution in [2.45, 2.75) is 9.79 Å². The van der Waals surface area contributed by atoms with E-state index in [2.05, 4.69) is 4.72 Å². The number of benzene rings is 2. The van der Waals surface area contributed by atoms with Crippen molar-refractivity contribution in [1.82, 2.24) is 0 Å². The highest BCUT2D eigenvalue weighted by atomic mass is 32.2. The number of hydrogen-bond acceptors (Lipinski definition) is 5. The molecule has 1 N–H and O–H groups in total. The summed E-state index contributed by atoms with van der Waals surface area (Å²) in [6, 6.07) is 9.11. The maximum absolute atomic E-state index is 13.8. The molecule has 5 nitrogen and oxygen atoms in total. The highest BCUT2D eigenvalue weighted by molar-refractivity contribution is 7.99. The van der Waals surface area contributed by atoms with E-state index in [1.54, 1.807) is 18.2 Å². The van der Waals surface area contributed by atoms with Gasteiger partial charge in [-0.2, -0.15) is 0 Å². The maximum Gasteiger partial charge on any atom is 0.229 e. The van der Waals surface area contributed by atoms with Crippen molar-refractivity contribution in [2.75, 3.05) is 17.6 Å². The lowest BCUT2D eigenvalue weighted by Crippen LogP contribution is -2.10. The van der Waals surface area contributed by atoms with Crippen molar-refractivity contribution in [1.29, 1.82) is 0 Å². The SMILES string of the molecule is CS(=O)(=O)Nc1cc2c(cc1Sc1ccccc1F)C(=O)CO2. The number of halogens is 1. The van der Waals surface area contributed by atoms with Crippen LogP contribution in [0.15, 0.2) is 46.2 Å². The number of fused-ring (bicyclic) bond motifs is 1. The minimum absolute atomic E-state index is 0.0819. The van der Waals surface area contributed by atoms with E-state index in [4.69, 9.17) is 4.74 Å². The molecule has 0 radical (unpaired) electrons. The van der Waals surface area contributed by atoms with Crippen LogP contribution in [0.25, 0.3) is 0 Å². The summed E-state index contributed by atoms with van der Waals surface area (Å²) in [5.74, 6) is -0.300. The van der Waals surface area contributed by atoms with Crippen LogP contribution in [-0.4, -0.2) is 27.1 Å². The fourth-order valence-corrected chi connectivity index (χ4v) is 3.71. The Bertz CT molecular complexity index is 896. The summed E-state index contributed by atoms with van der Waals surface area (Å²) < 4.78 is 44.5. The molecule has 0 saturated carbocycles. The van der Waals surface area contributed by atoms with Crippen molar-refractivity contribution in [3.8, 4) is 5.75 Å². The van der Waals surface area contributed by atoms with Crippen LogP contribution in [0.3, 0.4) is 0 Å². The van der Waals surface area contributed by atoms with Crippen molar-refractivity contribution >= 4 is 33.3 Å². The number of ether oxygens (including phenoxy) is 1. The third-order valence-electron chi connectivity index (χ3n) is 3.09. The maximum atomic E-state index is 13.8. The summed E-state index contributed by atoms with van der Waals surface area (Å²) in [6.45, 7) is -0.0819. The Balaban J connectivity index is 2.08. The van der Waals surface area contributed by atoms with Crippen LogP contribution in [0.5, 0.6) is 5.75 Å². The zero-order valence-corrected chi connectivity index (χ0v) is 13.6. The van der Waals surface area contributed by atoms with Gasteiger partial charge in [-0.25, -0.2) is 12.8 Å². The topological polar surface area (TPSA) is 72.5 Å². The average molecular weight is 353 g/mol. The van der Waals surface area contributed by atoms with Gasteiger partial charge in [-0.15, -0.1) is 0 Å². The Morgan fingerprint density at radius 1 is 1.22 bits per heavy atom. The standard InChI is InChI=1S/C15H12FNO4S2/c1-23(19,20)17-11-7-13-9(12(18)8-21-13)6-15(11)22-14-5-3-2-4-10(14)16/h2-7,17H,8H2,1H3. The molecule has 0 spiro atoms. The Morgan fingerprint density at radius 2 is 1.96 bits per heavy atom. The van der Waals surface area contributed by atoms with Crippen LogP contribution in [0.4, 0.5) is 10.1 Å². The highest BCUT2D eigenvalue weighted by Gasteiger charge is 2.24. The summed E-state index contributed by atoms with van der Waals surface area (Å²) in [6.07, 6.45) is 1.02. The number of ketones is 1. The van der Waals surface area contributed by atoms with E-state index in [1.807, 2.05) is 0 Å². The first-order chi connectivity index (χ1) is 10.8. The molecule has 2 aromatic rings. The number of hydrogen-bond donors (Lipinski definition) is 1. The Morgan fingerprint density at radius 3 is 2.65 bits per heavy atom. The molecule has 3 rings (SSSR count). The molecule has 0 aliphatic carbocycles. The van der Waals surface area contributed by atoms with Crippen molar-refractivity contribution in [3.63, 3.8) is 0 Å². The molecule has 8 heteroatoms. The molecule has 0 unspecified atom stereocenters. The Kier molecular flexibility index (Phi) is 4.03. The fourth-order valence-electron chi connectivity index (χ4n) is 2.13. The number of rotatable bonds is 4. The van der Waals surface area contributed by atoms with Crippen LogP contribution in [0, 0.1) is 5.82 Å². The molecule has 1 aliphatic heterocycles. The first-order valence-corrected chi connectivity index (χ1v) is 9.28. The van der Waals surface area contributed by atoms with E-state index >= 15 is 0 Å². The minimum Gasteiger partial charge on any atom is -0.485 e. The van der Waals surface area contributed by atoms with Gasteiger partial charge in [0.25, 0.3) is 0 Å². The van der Waals surface area contributed by atoms with Gasteiger partial charge in [-0.3, -0.25) is 9.52 Å². The zero-order chi connectivity index (χ0) is 16.6. The lowest BCUT2D eigenvalue weighted by molar-refractivity contribution is 0.0961. The Hall–Kier alpha value is -2.06. The van der Waals surface area contributed by atoms with Gasteiger partial charge in [0.15, 0.2) is 6.61 Å². The van der Waals surface area contributed by atoms with Crippen LogP contribution < -0.4 is 9.46 Å². The van der Waals surface area contributed by atoms with Crippen LogP contribution >= 0.6 is 11.8 Å². The molecule has 0 amide bonds.